The molecule has 1 atom stereocenters. The summed E-state index contributed by atoms with van der Waals surface area (Å²) in [6.45, 7) is 4.49. The number of rotatable bonds is 6. The van der Waals surface area contributed by atoms with Gasteiger partial charge in [0.05, 0.1) is 0 Å². The smallest absolute Gasteiger partial charge is 0.0457 e. The second-order valence-corrected chi connectivity index (χ2v) is 7.36. The molecule has 0 aliphatic carbocycles. The van der Waals surface area contributed by atoms with E-state index in [0.717, 1.165) is 0 Å². The van der Waals surface area contributed by atoms with Gasteiger partial charge in [0.15, 0.2) is 0 Å². The fraction of sp³-hybridized carbons (Fsp3) is 0.280. The summed E-state index contributed by atoms with van der Waals surface area (Å²) < 4.78 is 0. The van der Waals surface area contributed by atoms with Crippen molar-refractivity contribution in [1.82, 2.24) is 4.98 Å². The number of hydrogen-bond donors (Lipinski definition) is 1. The van der Waals surface area contributed by atoms with Crippen LogP contribution >= 0.6 is 0 Å². The van der Waals surface area contributed by atoms with Gasteiger partial charge in [0.25, 0.3) is 0 Å². The fourth-order valence-corrected chi connectivity index (χ4v) is 4.24. The Morgan fingerprint density at radius 3 is 2.31 bits per heavy atom. The second kappa shape index (κ2) is 7.37. The summed E-state index contributed by atoms with van der Waals surface area (Å²) in [5, 5.41) is 4.14. The van der Waals surface area contributed by atoms with Crippen LogP contribution in [-0.2, 0) is 0 Å². The van der Waals surface area contributed by atoms with E-state index in [1.807, 2.05) is 0 Å². The number of aromatic amines is 1. The predicted octanol–water partition coefficient (Wildman–Crippen LogP) is 7.34. The van der Waals surface area contributed by atoms with Crippen molar-refractivity contribution in [2.75, 3.05) is 0 Å². The van der Waals surface area contributed by atoms with E-state index in [2.05, 4.69) is 85.7 Å². The normalized spacial score (nSPS) is 12.7. The lowest BCUT2D eigenvalue weighted by Gasteiger charge is -2.20. The maximum absolute atomic E-state index is 3.49. The predicted molar refractivity (Wildman–Crippen MR) is 113 cm³/mol. The van der Waals surface area contributed by atoms with Crippen LogP contribution in [0.15, 0.2) is 66.9 Å². The number of para-hydroxylation sites is 1. The lowest BCUT2D eigenvalue weighted by molar-refractivity contribution is 0.623. The standard InChI is InChI=1S/C25H27N/c1-3-4-5-11-21(24-17-26-25-14-9-8-13-23(24)25)22-16-15-18(2)19-10-6-7-12-20(19)22/h6-10,12-17,21,26H,3-5,11H2,1-2H3. The Morgan fingerprint density at radius 1 is 0.769 bits per heavy atom. The van der Waals surface area contributed by atoms with Crippen molar-refractivity contribution in [1.29, 1.82) is 0 Å². The molecule has 0 radical (unpaired) electrons. The zero-order valence-corrected chi connectivity index (χ0v) is 15.8. The van der Waals surface area contributed by atoms with E-state index >= 15 is 0 Å². The molecule has 0 fully saturated rings. The molecule has 4 aromatic rings. The Morgan fingerprint density at radius 2 is 1.50 bits per heavy atom. The highest BCUT2D eigenvalue weighted by Crippen LogP contribution is 2.38. The van der Waals surface area contributed by atoms with Crippen LogP contribution in [0.4, 0.5) is 0 Å². The molecule has 26 heavy (non-hydrogen) atoms. The first-order valence-electron chi connectivity index (χ1n) is 9.84. The third-order valence-electron chi connectivity index (χ3n) is 5.64. The van der Waals surface area contributed by atoms with Gasteiger partial charge < -0.3 is 4.98 Å². The van der Waals surface area contributed by atoms with E-state index in [1.165, 1.54) is 64.0 Å². The number of benzene rings is 3. The molecule has 1 heteroatoms. The summed E-state index contributed by atoms with van der Waals surface area (Å²) in [4.78, 5) is 3.49. The molecule has 0 bridgehead atoms. The Hall–Kier alpha value is -2.54. The molecule has 4 rings (SSSR count). The summed E-state index contributed by atoms with van der Waals surface area (Å²) in [6, 6.07) is 22.2. The number of aromatic nitrogens is 1. The molecule has 0 aliphatic rings. The van der Waals surface area contributed by atoms with Crippen molar-refractivity contribution in [3.05, 3.63) is 83.6 Å². The Kier molecular flexibility index (Phi) is 4.79. The summed E-state index contributed by atoms with van der Waals surface area (Å²) in [5.74, 6) is 0.434. The second-order valence-electron chi connectivity index (χ2n) is 7.36. The molecule has 0 spiro atoms. The molecule has 1 heterocycles. The molecule has 1 N–H and O–H groups in total. The Labute approximate surface area is 156 Å². The average Bonchev–Trinajstić information content (AvgIpc) is 3.10. The number of fused-ring (bicyclic) bond motifs is 2. The fourth-order valence-electron chi connectivity index (χ4n) is 4.24. The van der Waals surface area contributed by atoms with Gasteiger partial charge in [-0.2, -0.15) is 0 Å². The molecule has 0 saturated carbocycles. The van der Waals surface area contributed by atoms with Crippen molar-refractivity contribution in [2.45, 2.75) is 45.4 Å². The van der Waals surface area contributed by atoms with E-state index in [1.54, 1.807) is 0 Å². The van der Waals surface area contributed by atoms with Crippen LogP contribution in [0.3, 0.4) is 0 Å². The quantitative estimate of drug-likeness (QED) is 0.353. The van der Waals surface area contributed by atoms with E-state index < -0.39 is 0 Å². The van der Waals surface area contributed by atoms with Crippen molar-refractivity contribution < 1.29 is 0 Å². The lowest BCUT2D eigenvalue weighted by Crippen LogP contribution is -2.02. The average molecular weight is 341 g/mol. The molecule has 0 saturated heterocycles. The van der Waals surface area contributed by atoms with E-state index in [-0.39, 0.29) is 0 Å². The molecular weight excluding hydrogens is 314 g/mol. The van der Waals surface area contributed by atoms with E-state index in [9.17, 15) is 0 Å². The molecule has 132 valence electrons. The minimum atomic E-state index is 0.434. The highest BCUT2D eigenvalue weighted by atomic mass is 14.7. The van der Waals surface area contributed by atoms with Gasteiger partial charge in [-0.25, -0.2) is 0 Å². The maximum atomic E-state index is 3.49. The van der Waals surface area contributed by atoms with Gasteiger partial charge in [0.2, 0.25) is 0 Å². The van der Waals surface area contributed by atoms with Gasteiger partial charge in [-0.1, -0.05) is 80.8 Å². The first kappa shape index (κ1) is 16.9. The first-order chi connectivity index (χ1) is 12.8. The molecule has 1 nitrogen and oxygen atoms in total. The number of unbranched alkanes of at least 4 members (excludes halogenated alkanes) is 2. The summed E-state index contributed by atoms with van der Waals surface area (Å²) >= 11 is 0. The highest BCUT2D eigenvalue weighted by Gasteiger charge is 2.20. The van der Waals surface area contributed by atoms with Crippen LogP contribution in [0.5, 0.6) is 0 Å². The molecule has 1 aromatic heterocycles. The number of hydrogen-bond acceptors (Lipinski definition) is 0. The van der Waals surface area contributed by atoms with E-state index in [0.29, 0.717) is 5.92 Å². The van der Waals surface area contributed by atoms with Gasteiger partial charge >= 0.3 is 0 Å². The van der Waals surface area contributed by atoms with Crippen molar-refractivity contribution in [3.63, 3.8) is 0 Å². The van der Waals surface area contributed by atoms with Crippen LogP contribution in [0.1, 0.15) is 55.2 Å². The summed E-state index contributed by atoms with van der Waals surface area (Å²) in [7, 11) is 0. The SMILES string of the molecule is CCCCCC(c1c[nH]c2ccccc12)c1ccc(C)c2ccccc12. The topological polar surface area (TPSA) is 15.8 Å². The number of nitrogens with one attached hydrogen (secondary N) is 1. The zero-order valence-electron chi connectivity index (χ0n) is 15.8. The van der Waals surface area contributed by atoms with Crippen LogP contribution in [-0.4, -0.2) is 4.98 Å². The summed E-state index contributed by atoms with van der Waals surface area (Å²) in [5.41, 5.74) is 5.49. The van der Waals surface area contributed by atoms with Crippen LogP contribution in [0.25, 0.3) is 21.7 Å². The highest BCUT2D eigenvalue weighted by molar-refractivity contribution is 5.91. The minimum absolute atomic E-state index is 0.434. The lowest BCUT2D eigenvalue weighted by atomic mass is 9.83. The van der Waals surface area contributed by atoms with Crippen molar-refractivity contribution in [2.24, 2.45) is 0 Å². The molecule has 3 aromatic carbocycles. The molecule has 0 amide bonds. The first-order valence-corrected chi connectivity index (χ1v) is 9.84. The largest absolute Gasteiger partial charge is 0.361 e. The van der Waals surface area contributed by atoms with Gasteiger partial charge in [-0.05, 0) is 46.9 Å². The van der Waals surface area contributed by atoms with Crippen LogP contribution in [0.2, 0.25) is 0 Å². The molecule has 1 unspecified atom stereocenters. The van der Waals surface area contributed by atoms with Gasteiger partial charge in [0.1, 0.15) is 0 Å². The monoisotopic (exact) mass is 341 g/mol. The molecule has 0 aliphatic heterocycles. The minimum Gasteiger partial charge on any atom is -0.361 e. The van der Waals surface area contributed by atoms with Crippen molar-refractivity contribution in [3.8, 4) is 0 Å². The van der Waals surface area contributed by atoms with E-state index in [4.69, 9.17) is 0 Å². The number of H-pyrrole nitrogens is 1. The van der Waals surface area contributed by atoms with Crippen LogP contribution in [0, 0.1) is 6.92 Å². The van der Waals surface area contributed by atoms with Crippen LogP contribution < -0.4 is 0 Å². The van der Waals surface area contributed by atoms with Crippen molar-refractivity contribution >= 4 is 21.7 Å². The Balaban J connectivity index is 1.88. The van der Waals surface area contributed by atoms with Gasteiger partial charge in [-0.15, -0.1) is 0 Å². The van der Waals surface area contributed by atoms with Gasteiger partial charge in [-0.3, -0.25) is 0 Å². The number of aryl methyl sites for hydroxylation is 1. The maximum Gasteiger partial charge on any atom is 0.0457 e. The third kappa shape index (κ3) is 3.03. The molecular formula is C25H27N. The Bertz CT molecular complexity index is 1020. The summed E-state index contributed by atoms with van der Waals surface area (Å²) in [6.07, 6.45) is 7.25. The zero-order chi connectivity index (χ0) is 17.9. The van der Waals surface area contributed by atoms with Gasteiger partial charge in [0, 0.05) is 23.0 Å². The third-order valence-corrected chi connectivity index (χ3v) is 5.64.